The molecule has 0 N–H and O–H groups in total. The molecule has 1 atom stereocenters. The molecule has 3 rings (SSSR count). The number of nitrogens with zero attached hydrogens (tertiary/aromatic N) is 1. The molecular weight excluding hydrogens is 366 g/mol. The Balaban J connectivity index is 1.61. The van der Waals surface area contributed by atoms with Crippen molar-refractivity contribution in [2.45, 2.75) is 26.3 Å². The maximum atomic E-state index is 12.6. The van der Waals surface area contributed by atoms with Crippen molar-refractivity contribution in [3.05, 3.63) is 59.1 Å². The van der Waals surface area contributed by atoms with Gasteiger partial charge >= 0.3 is 5.97 Å². The molecule has 0 bridgehead atoms. The van der Waals surface area contributed by atoms with Gasteiger partial charge in [0.2, 0.25) is 0 Å². The number of esters is 1. The molecule has 0 saturated carbocycles. The normalized spacial score (nSPS) is 15.6. The second kappa shape index (κ2) is 8.44. The van der Waals surface area contributed by atoms with E-state index in [0.29, 0.717) is 11.4 Å². The highest BCUT2D eigenvalue weighted by Crippen LogP contribution is 2.30. The number of hydrogen-bond donors (Lipinski definition) is 0. The number of amides is 1. The van der Waals surface area contributed by atoms with Crippen LogP contribution in [0.3, 0.4) is 0 Å². The predicted octanol–water partition coefficient (Wildman–Crippen LogP) is 3.88. The van der Waals surface area contributed by atoms with Crippen molar-refractivity contribution in [2.24, 2.45) is 5.92 Å². The molecule has 6 heteroatoms. The highest BCUT2D eigenvalue weighted by molar-refractivity contribution is 6.30. The smallest absolute Gasteiger partial charge is 0.313 e. The summed E-state index contributed by atoms with van der Waals surface area (Å²) in [4.78, 5) is 26.7. The molecule has 142 valence electrons. The minimum Gasteiger partial charge on any atom is -0.492 e. The zero-order valence-corrected chi connectivity index (χ0v) is 16.1. The van der Waals surface area contributed by atoms with E-state index in [0.717, 1.165) is 17.0 Å². The minimum absolute atomic E-state index is 0.0503. The van der Waals surface area contributed by atoms with Crippen molar-refractivity contribution in [3.8, 4) is 5.75 Å². The second-order valence-electron chi connectivity index (χ2n) is 6.76. The standard InChI is InChI=1S/C21H22ClNO4/c1-14(2)23(18-6-4-3-5-7-18)20(24)13-27-21(25)16-10-15-11-17(22)8-9-19(15)26-12-16/h3-9,11,14,16H,10,12-13H2,1-2H3/t16-/m0/s1. The Morgan fingerprint density at radius 3 is 2.67 bits per heavy atom. The number of para-hydroxylation sites is 1. The van der Waals surface area contributed by atoms with E-state index in [9.17, 15) is 9.59 Å². The summed E-state index contributed by atoms with van der Waals surface area (Å²) < 4.78 is 10.9. The maximum absolute atomic E-state index is 12.6. The number of anilines is 1. The van der Waals surface area contributed by atoms with E-state index in [-0.39, 0.29) is 25.2 Å². The van der Waals surface area contributed by atoms with E-state index in [1.807, 2.05) is 44.2 Å². The van der Waals surface area contributed by atoms with Crippen molar-refractivity contribution in [1.82, 2.24) is 0 Å². The van der Waals surface area contributed by atoms with Crippen LogP contribution in [0.15, 0.2) is 48.5 Å². The first-order valence-corrected chi connectivity index (χ1v) is 9.28. The first-order valence-electron chi connectivity index (χ1n) is 8.90. The van der Waals surface area contributed by atoms with Crippen LogP contribution in [0.5, 0.6) is 5.75 Å². The third-order valence-corrected chi connectivity index (χ3v) is 4.65. The first-order chi connectivity index (χ1) is 13.0. The zero-order valence-electron chi connectivity index (χ0n) is 15.4. The van der Waals surface area contributed by atoms with Crippen molar-refractivity contribution in [2.75, 3.05) is 18.1 Å². The molecule has 0 radical (unpaired) electrons. The molecule has 0 unspecified atom stereocenters. The first kappa shape index (κ1) is 19.2. The summed E-state index contributed by atoms with van der Waals surface area (Å²) in [6, 6.07) is 14.6. The molecule has 1 aliphatic heterocycles. The summed E-state index contributed by atoms with van der Waals surface area (Å²) in [6.45, 7) is 3.77. The van der Waals surface area contributed by atoms with E-state index in [1.165, 1.54) is 0 Å². The number of benzene rings is 2. The zero-order chi connectivity index (χ0) is 19.4. The maximum Gasteiger partial charge on any atom is 0.313 e. The van der Waals surface area contributed by atoms with E-state index in [2.05, 4.69) is 0 Å². The Hall–Kier alpha value is -2.53. The topological polar surface area (TPSA) is 55.8 Å². The lowest BCUT2D eigenvalue weighted by atomic mass is 9.97. The summed E-state index contributed by atoms with van der Waals surface area (Å²) in [7, 11) is 0. The minimum atomic E-state index is -0.451. The van der Waals surface area contributed by atoms with Gasteiger partial charge in [-0.2, -0.15) is 0 Å². The van der Waals surface area contributed by atoms with Crippen LogP contribution in [0.4, 0.5) is 5.69 Å². The lowest BCUT2D eigenvalue weighted by molar-refractivity contribution is -0.153. The molecule has 0 fully saturated rings. The third-order valence-electron chi connectivity index (χ3n) is 4.42. The van der Waals surface area contributed by atoms with Crippen LogP contribution >= 0.6 is 11.6 Å². The number of rotatable bonds is 5. The van der Waals surface area contributed by atoms with Crippen LogP contribution < -0.4 is 9.64 Å². The van der Waals surface area contributed by atoms with Gasteiger partial charge in [-0.1, -0.05) is 29.8 Å². The van der Waals surface area contributed by atoms with Gasteiger partial charge in [0.15, 0.2) is 6.61 Å². The number of hydrogen-bond acceptors (Lipinski definition) is 4. The third kappa shape index (κ3) is 4.61. The van der Waals surface area contributed by atoms with Gasteiger partial charge in [-0.05, 0) is 56.2 Å². The lowest BCUT2D eigenvalue weighted by Crippen LogP contribution is -2.41. The fourth-order valence-corrected chi connectivity index (χ4v) is 3.35. The van der Waals surface area contributed by atoms with Crippen LogP contribution in [0.25, 0.3) is 0 Å². The summed E-state index contributed by atoms with van der Waals surface area (Å²) >= 11 is 6.01. The van der Waals surface area contributed by atoms with E-state index >= 15 is 0 Å². The predicted molar refractivity (Wildman–Crippen MR) is 104 cm³/mol. The molecule has 2 aromatic carbocycles. The van der Waals surface area contributed by atoms with Crippen molar-refractivity contribution < 1.29 is 19.1 Å². The SMILES string of the molecule is CC(C)N(C(=O)COC(=O)[C@@H]1COc2ccc(Cl)cc2C1)c1ccccc1. The summed E-state index contributed by atoms with van der Waals surface area (Å²) in [5, 5.41) is 0.594. The molecule has 1 heterocycles. The highest BCUT2D eigenvalue weighted by atomic mass is 35.5. The molecule has 1 aliphatic rings. The second-order valence-corrected chi connectivity index (χ2v) is 7.20. The quantitative estimate of drug-likeness (QED) is 0.730. The fourth-order valence-electron chi connectivity index (χ4n) is 3.15. The fraction of sp³-hybridized carbons (Fsp3) is 0.333. The molecule has 0 saturated heterocycles. The molecule has 2 aromatic rings. The van der Waals surface area contributed by atoms with Crippen LogP contribution in [0.1, 0.15) is 19.4 Å². The van der Waals surface area contributed by atoms with Gasteiger partial charge in [0.05, 0.1) is 5.92 Å². The van der Waals surface area contributed by atoms with Gasteiger partial charge in [0.1, 0.15) is 12.4 Å². The largest absolute Gasteiger partial charge is 0.492 e. The van der Waals surface area contributed by atoms with Gasteiger partial charge < -0.3 is 14.4 Å². The number of ether oxygens (including phenoxy) is 2. The molecule has 0 aromatic heterocycles. The average molecular weight is 388 g/mol. The molecule has 5 nitrogen and oxygen atoms in total. The van der Waals surface area contributed by atoms with E-state index in [1.54, 1.807) is 23.1 Å². The molecule has 0 aliphatic carbocycles. The van der Waals surface area contributed by atoms with E-state index in [4.69, 9.17) is 21.1 Å². The number of carbonyl (C=O) groups is 2. The Labute approximate surface area is 163 Å². The summed E-state index contributed by atoms with van der Waals surface area (Å²) in [6.07, 6.45) is 0.482. The van der Waals surface area contributed by atoms with Crippen molar-refractivity contribution in [3.63, 3.8) is 0 Å². The van der Waals surface area contributed by atoms with Gasteiger partial charge in [-0.25, -0.2) is 0 Å². The number of carbonyl (C=O) groups excluding carboxylic acids is 2. The molecular formula is C21H22ClNO4. The van der Waals surface area contributed by atoms with Crippen LogP contribution in [0, 0.1) is 5.92 Å². The van der Waals surface area contributed by atoms with Gasteiger partial charge in [0, 0.05) is 16.8 Å². The van der Waals surface area contributed by atoms with Crippen LogP contribution in [-0.4, -0.2) is 31.1 Å². The van der Waals surface area contributed by atoms with Gasteiger partial charge in [-0.15, -0.1) is 0 Å². The Morgan fingerprint density at radius 2 is 1.96 bits per heavy atom. The summed E-state index contributed by atoms with van der Waals surface area (Å²) in [5.41, 5.74) is 1.65. The monoisotopic (exact) mass is 387 g/mol. The van der Waals surface area contributed by atoms with E-state index < -0.39 is 11.9 Å². The number of fused-ring (bicyclic) bond motifs is 1. The Morgan fingerprint density at radius 1 is 1.22 bits per heavy atom. The molecule has 1 amide bonds. The van der Waals surface area contributed by atoms with Crippen LogP contribution in [0.2, 0.25) is 5.02 Å². The van der Waals surface area contributed by atoms with Crippen molar-refractivity contribution in [1.29, 1.82) is 0 Å². The Kier molecular flexibility index (Phi) is 6.01. The average Bonchev–Trinajstić information content (AvgIpc) is 2.66. The van der Waals surface area contributed by atoms with Gasteiger partial charge in [0.25, 0.3) is 5.91 Å². The number of halogens is 1. The molecule has 27 heavy (non-hydrogen) atoms. The van der Waals surface area contributed by atoms with Crippen LogP contribution in [-0.2, 0) is 20.7 Å². The van der Waals surface area contributed by atoms with Crippen molar-refractivity contribution >= 4 is 29.2 Å². The van der Waals surface area contributed by atoms with Gasteiger partial charge in [-0.3, -0.25) is 9.59 Å². The lowest BCUT2D eigenvalue weighted by Gasteiger charge is -2.27. The summed E-state index contributed by atoms with van der Waals surface area (Å²) in [5.74, 6) is -0.418. The highest BCUT2D eigenvalue weighted by Gasteiger charge is 2.29. The Bertz CT molecular complexity index is 822. The molecule has 0 spiro atoms.